The summed E-state index contributed by atoms with van der Waals surface area (Å²) in [6, 6.07) is 10.0. The van der Waals surface area contributed by atoms with Gasteiger partial charge in [0.1, 0.15) is 0 Å². The number of carbonyl (C=O) groups excluding carboxylic acids is 1. The van der Waals surface area contributed by atoms with Gasteiger partial charge in [-0.25, -0.2) is 4.79 Å². The molecule has 1 fully saturated rings. The molecule has 1 aromatic heterocycles. The van der Waals surface area contributed by atoms with Gasteiger partial charge in [-0.1, -0.05) is 23.7 Å². The maximum Gasteiger partial charge on any atom is 0.315 e. The Bertz CT molecular complexity index is 698. The molecule has 0 aliphatic heterocycles. The zero-order valence-corrected chi connectivity index (χ0v) is 13.8. The molecule has 23 heavy (non-hydrogen) atoms. The fourth-order valence-electron chi connectivity index (χ4n) is 2.86. The summed E-state index contributed by atoms with van der Waals surface area (Å²) in [5.41, 5.74) is 3.42. The highest BCUT2D eigenvalue weighted by Gasteiger charge is 2.31. The van der Waals surface area contributed by atoms with Crippen LogP contribution in [0.5, 0.6) is 0 Å². The Morgan fingerprint density at radius 2 is 2.17 bits per heavy atom. The van der Waals surface area contributed by atoms with Gasteiger partial charge >= 0.3 is 6.03 Å². The summed E-state index contributed by atoms with van der Waals surface area (Å²) in [4.78, 5) is 16.0. The number of nitrogens with zero attached hydrogens (tertiary/aromatic N) is 1. The first-order valence-electron chi connectivity index (χ1n) is 7.81. The molecule has 2 N–H and O–H groups in total. The van der Waals surface area contributed by atoms with Crippen molar-refractivity contribution < 1.29 is 4.79 Å². The SMILES string of the molecule is Cc1ccncc1CNC(=O)NC1CC(c2cccc(Cl)c2)C1. The average Bonchev–Trinajstić information content (AvgIpc) is 2.49. The van der Waals surface area contributed by atoms with E-state index in [0.29, 0.717) is 12.5 Å². The molecule has 1 aromatic carbocycles. The number of pyridine rings is 1. The summed E-state index contributed by atoms with van der Waals surface area (Å²) in [7, 11) is 0. The van der Waals surface area contributed by atoms with E-state index in [0.717, 1.165) is 29.0 Å². The van der Waals surface area contributed by atoms with Crippen LogP contribution in [0.25, 0.3) is 0 Å². The van der Waals surface area contributed by atoms with Crippen molar-refractivity contribution in [2.24, 2.45) is 0 Å². The lowest BCUT2D eigenvalue weighted by atomic mass is 9.76. The van der Waals surface area contributed by atoms with Crippen LogP contribution in [0, 0.1) is 6.92 Å². The van der Waals surface area contributed by atoms with E-state index in [1.807, 2.05) is 31.2 Å². The molecule has 3 rings (SSSR count). The average molecular weight is 330 g/mol. The molecule has 5 heteroatoms. The second-order valence-corrected chi connectivity index (χ2v) is 6.49. The number of benzene rings is 1. The fraction of sp³-hybridized carbons (Fsp3) is 0.333. The molecule has 1 aliphatic carbocycles. The summed E-state index contributed by atoms with van der Waals surface area (Å²) in [6.45, 7) is 2.51. The topological polar surface area (TPSA) is 54.0 Å². The van der Waals surface area contributed by atoms with E-state index >= 15 is 0 Å². The van der Waals surface area contributed by atoms with Gasteiger partial charge in [-0.3, -0.25) is 4.98 Å². The molecule has 2 amide bonds. The van der Waals surface area contributed by atoms with Crippen LogP contribution in [-0.2, 0) is 6.54 Å². The molecule has 0 bridgehead atoms. The van der Waals surface area contributed by atoms with Crippen molar-refractivity contribution in [3.05, 3.63) is 64.4 Å². The standard InChI is InChI=1S/C18H20ClN3O/c1-12-5-6-20-10-15(12)11-21-18(23)22-17-8-14(9-17)13-3-2-4-16(19)7-13/h2-7,10,14,17H,8-9,11H2,1H3,(H2,21,22,23). The molecule has 0 saturated heterocycles. The molecular weight excluding hydrogens is 310 g/mol. The summed E-state index contributed by atoms with van der Waals surface area (Å²) >= 11 is 6.02. The van der Waals surface area contributed by atoms with Crippen LogP contribution >= 0.6 is 11.6 Å². The maximum atomic E-state index is 12.0. The highest BCUT2D eigenvalue weighted by Crippen LogP contribution is 2.37. The first-order chi connectivity index (χ1) is 11.1. The Hall–Kier alpha value is -2.07. The number of carbonyl (C=O) groups is 1. The van der Waals surface area contributed by atoms with Gasteiger partial charge in [0.15, 0.2) is 0 Å². The van der Waals surface area contributed by atoms with Gasteiger partial charge in [-0.05, 0) is 60.6 Å². The van der Waals surface area contributed by atoms with Crippen LogP contribution in [0.3, 0.4) is 0 Å². The highest BCUT2D eigenvalue weighted by molar-refractivity contribution is 6.30. The molecule has 120 valence electrons. The zero-order valence-electron chi connectivity index (χ0n) is 13.1. The van der Waals surface area contributed by atoms with Crippen LogP contribution in [0.1, 0.15) is 35.4 Å². The predicted octanol–water partition coefficient (Wildman–Crippen LogP) is 3.79. The van der Waals surface area contributed by atoms with Gasteiger partial charge in [0.25, 0.3) is 0 Å². The third kappa shape index (κ3) is 4.02. The van der Waals surface area contributed by atoms with E-state index in [4.69, 9.17) is 11.6 Å². The van der Waals surface area contributed by atoms with E-state index in [2.05, 4.69) is 21.7 Å². The largest absolute Gasteiger partial charge is 0.335 e. The van der Waals surface area contributed by atoms with E-state index in [9.17, 15) is 4.79 Å². The van der Waals surface area contributed by atoms with E-state index in [-0.39, 0.29) is 12.1 Å². The Morgan fingerprint density at radius 1 is 1.35 bits per heavy atom. The lowest BCUT2D eigenvalue weighted by Crippen LogP contribution is -2.47. The smallest absolute Gasteiger partial charge is 0.315 e. The molecule has 4 nitrogen and oxygen atoms in total. The Labute approximate surface area is 141 Å². The van der Waals surface area contributed by atoms with Gasteiger partial charge in [0, 0.05) is 30.0 Å². The first-order valence-corrected chi connectivity index (χ1v) is 8.19. The Kier molecular flexibility index (Phi) is 4.82. The number of aryl methyl sites for hydroxylation is 1. The van der Waals surface area contributed by atoms with Crippen molar-refractivity contribution >= 4 is 17.6 Å². The minimum atomic E-state index is -0.122. The van der Waals surface area contributed by atoms with E-state index in [1.54, 1.807) is 12.4 Å². The first kappa shape index (κ1) is 15.8. The molecule has 0 unspecified atom stereocenters. The van der Waals surface area contributed by atoms with Crippen LogP contribution in [0.2, 0.25) is 5.02 Å². The number of nitrogens with one attached hydrogen (secondary N) is 2. The number of aromatic nitrogens is 1. The monoisotopic (exact) mass is 329 g/mol. The maximum absolute atomic E-state index is 12.0. The third-order valence-corrected chi connectivity index (χ3v) is 4.62. The van der Waals surface area contributed by atoms with Crippen molar-refractivity contribution in [3.8, 4) is 0 Å². The van der Waals surface area contributed by atoms with Crippen molar-refractivity contribution in [2.75, 3.05) is 0 Å². The van der Waals surface area contributed by atoms with Gasteiger partial charge in [0.2, 0.25) is 0 Å². The van der Waals surface area contributed by atoms with Crippen LogP contribution in [-0.4, -0.2) is 17.1 Å². The van der Waals surface area contributed by atoms with Gasteiger partial charge in [0.05, 0.1) is 0 Å². The minimum absolute atomic E-state index is 0.122. The minimum Gasteiger partial charge on any atom is -0.335 e. The van der Waals surface area contributed by atoms with E-state index in [1.165, 1.54) is 5.56 Å². The molecule has 1 saturated carbocycles. The number of hydrogen-bond donors (Lipinski definition) is 2. The third-order valence-electron chi connectivity index (χ3n) is 4.38. The molecule has 2 aromatic rings. The quantitative estimate of drug-likeness (QED) is 0.896. The lowest BCUT2D eigenvalue weighted by Gasteiger charge is -2.36. The van der Waals surface area contributed by atoms with Crippen molar-refractivity contribution in [2.45, 2.75) is 38.3 Å². The van der Waals surface area contributed by atoms with Crippen molar-refractivity contribution in [3.63, 3.8) is 0 Å². The van der Waals surface area contributed by atoms with Gasteiger partial charge < -0.3 is 10.6 Å². The number of rotatable bonds is 4. The Balaban J connectivity index is 1.43. The normalized spacial score (nSPS) is 19.7. The zero-order chi connectivity index (χ0) is 16.2. The second-order valence-electron chi connectivity index (χ2n) is 6.05. The summed E-state index contributed by atoms with van der Waals surface area (Å²) < 4.78 is 0. The van der Waals surface area contributed by atoms with Crippen molar-refractivity contribution in [1.29, 1.82) is 0 Å². The number of urea groups is 1. The molecule has 1 heterocycles. The molecular formula is C18H20ClN3O. The highest BCUT2D eigenvalue weighted by atomic mass is 35.5. The number of hydrogen-bond acceptors (Lipinski definition) is 2. The van der Waals surface area contributed by atoms with Crippen LogP contribution < -0.4 is 10.6 Å². The molecule has 0 atom stereocenters. The van der Waals surface area contributed by atoms with Gasteiger partial charge in [-0.15, -0.1) is 0 Å². The molecule has 0 spiro atoms. The number of amides is 2. The van der Waals surface area contributed by atoms with Crippen molar-refractivity contribution in [1.82, 2.24) is 15.6 Å². The van der Waals surface area contributed by atoms with E-state index < -0.39 is 0 Å². The fourth-order valence-corrected chi connectivity index (χ4v) is 3.06. The van der Waals surface area contributed by atoms with Gasteiger partial charge in [-0.2, -0.15) is 0 Å². The summed E-state index contributed by atoms with van der Waals surface area (Å²) in [5.74, 6) is 0.486. The van der Waals surface area contributed by atoms with Crippen LogP contribution in [0.15, 0.2) is 42.7 Å². The summed E-state index contributed by atoms with van der Waals surface area (Å²) in [6.07, 6.45) is 5.46. The Morgan fingerprint density at radius 3 is 2.91 bits per heavy atom. The summed E-state index contributed by atoms with van der Waals surface area (Å²) in [5, 5.41) is 6.68. The number of halogens is 1. The lowest BCUT2D eigenvalue weighted by molar-refractivity contribution is 0.222. The molecule has 0 radical (unpaired) electrons. The van der Waals surface area contributed by atoms with Crippen LogP contribution in [0.4, 0.5) is 4.79 Å². The second kappa shape index (κ2) is 7.01. The predicted molar refractivity (Wildman–Crippen MR) is 91.6 cm³/mol. The molecule has 1 aliphatic rings.